The van der Waals surface area contributed by atoms with Crippen molar-refractivity contribution in [3.63, 3.8) is 0 Å². The third-order valence-electron chi connectivity index (χ3n) is 7.19. The molecule has 4 atom stereocenters. The summed E-state index contributed by atoms with van der Waals surface area (Å²) in [5.41, 5.74) is 0. The molecule has 0 aromatic heterocycles. The van der Waals surface area contributed by atoms with Gasteiger partial charge in [-0.2, -0.15) is 0 Å². The van der Waals surface area contributed by atoms with Crippen molar-refractivity contribution in [3.8, 4) is 0 Å². The van der Waals surface area contributed by atoms with Crippen LogP contribution in [-0.2, 0) is 47.6 Å². The van der Waals surface area contributed by atoms with E-state index in [0.717, 1.165) is 19.3 Å². The first kappa shape index (κ1) is 37.8. The number of rotatable bonds is 24. The molecule has 0 aliphatic carbocycles. The Morgan fingerprint density at radius 3 is 1.67 bits per heavy atom. The Morgan fingerprint density at radius 2 is 1.17 bits per heavy atom. The highest BCUT2D eigenvalue weighted by molar-refractivity contribution is 5.69. The standard InChI is InChI=1S/C32H56O10/c1-5-6-7-8-9-10-11-12-13-14-15-16-17-18-19-20-30(36)37-21-22-38-31-23-28(40-26(3)34)32(41-27(4)35)29(42-31)24-39-25(2)33/h28-29,31-32H,5-24H2,1-4H3/t28?,29-,31-,32?/m1/s1. The van der Waals surface area contributed by atoms with E-state index in [0.29, 0.717) is 6.42 Å². The molecule has 42 heavy (non-hydrogen) atoms. The summed E-state index contributed by atoms with van der Waals surface area (Å²) in [6.45, 7) is 5.89. The maximum absolute atomic E-state index is 12.1. The lowest BCUT2D eigenvalue weighted by Gasteiger charge is -2.39. The summed E-state index contributed by atoms with van der Waals surface area (Å²) in [5.74, 6) is -1.95. The van der Waals surface area contributed by atoms with E-state index in [1.807, 2.05) is 0 Å². The number of hydrogen-bond acceptors (Lipinski definition) is 10. The number of carbonyl (C=O) groups excluding carboxylic acids is 4. The average Bonchev–Trinajstić information content (AvgIpc) is 2.93. The summed E-state index contributed by atoms with van der Waals surface area (Å²) in [4.78, 5) is 46.6. The molecule has 1 aliphatic heterocycles. The van der Waals surface area contributed by atoms with Crippen LogP contribution in [0.15, 0.2) is 0 Å². The minimum atomic E-state index is -0.960. The predicted octanol–water partition coefficient (Wildman–Crippen LogP) is 6.35. The molecule has 1 fully saturated rings. The van der Waals surface area contributed by atoms with Crippen LogP contribution in [0.4, 0.5) is 0 Å². The summed E-state index contributed by atoms with van der Waals surface area (Å²) in [5, 5.41) is 0. The molecule has 0 spiro atoms. The van der Waals surface area contributed by atoms with Gasteiger partial charge in [0.2, 0.25) is 0 Å². The van der Waals surface area contributed by atoms with Crippen molar-refractivity contribution in [2.45, 2.75) is 161 Å². The lowest BCUT2D eigenvalue weighted by atomic mass is 10.0. The smallest absolute Gasteiger partial charge is 0.305 e. The summed E-state index contributed by atoms with van der Waals surface area (Å²) in [6.07, 6.45) is 16.0. The normalized spacial score (nSPS) is 20.1. The van der Waals surface area contributed by atoms with Crippen LogP contribution in [-0.4, -0.2) is 68.3 Å². The molecule has 0 radical (unpaired) electrons. The highest BCUT2D eigenvalue weighted by Gasteiger charge is 2.44. The Kier molecular flexibility index (Phi) is 21.9. The second-order valence-corrected chi connectivity index (χ2v) is 11.2. The Bertz CT molecular complexity index is 756. The van der Waals surface area contributed by atoms with Gasteiger partial charge in [0.15, 0.2) is 12.4 Å². The van der Waals surface area contributed by atoms with Gasteiger partial charge in [0.1, 0.15) is 25.4 Å². The molecular weight excluding hydrogens is 544 g/mol. The van der Waals surface area contributed by atoms with E-state index >= 15 is 0 Å². The van der Waals surface area contributed by atoms with Gasteiger partial charge in [0.25, 0.3) is 0 Å². The predicted molar refractivity (Wildman–Crippen MR) is 157 cm³/mol. The second kappa shape index (κ2) is 24.3. The molecule has 1 heterocycles. The van der Waals surface area contributed by atoms with Gasteiger partial charge in [-0.3, -0.25) is 19.2 Å². The zero-order chi connectivity index (χ0) is 31.0. The maximum atomic E-state index is 12.1. The van der Waals surface area contributed by atoms with Crippen LogP contribution in [0, 0.1) is 0 Å². The molecule has 0 aromatic carbocycles. The number of carbonyl (C=O) groups is 4. The summed E-state index contributed by atoms with van der Waals surface area (Å²) in [6, 6.07) is 0. The first-order valence-corrected chi connectivity index (χ1v) is 16.1. The van der Waals surface area contributed by atoms with Crippen molar-refractivity contribution in [1.29, 1.82) is 0 Å². The molecule has 1 rings (SSSR count). The fourth-order valence-electron chi connectivity index (χ4n) is 5.05. The van der Waals surface area contributed by atoms with Crippen molar-refractivity contribution < 1.29 is 47.6 Å². The number of hydrogen-bond donors (Lipinski definition) is 0. The minimum absolute atomic E-state index is 0.0532. The van der Waals surface area contributed by atoms with Gasteiger partial charge in [0.05, 0.1) is 6.61 Å². The average molecular weight is 601 g/mol. The van der Waals surface area contributed by atoms with Crippen LogP contribution < -0.4 is 0 Å². The van der Waals surface area contributed by atoms with E-state index in [1.165, 1.54) is 97.8 Å². The van der Waals surface area contributed by atoms with Gasteiger partial charge in [0, 0.05) is 33.6 Å². The van der Waals surface area contributed by atoms with Gasteiger partial charge >= 0.3 is 23.9 Å². The zero-order valence-electron chi connectivity index (χ0n) is 26.5. The Labute approximate surface area is 252 Å². The molecule has 10 heteroatoms. The Balaban J connectivity index is 2.17. The van der Waals surface area contributed by atoms with Gasteiger partial charge < -0.3 is 28.4 Å². The molecule has 0 saturated carbocycles. The van der Waals surface area contributed by atoms with Crippen LogP contribution in [0.5, 0.6) is 0 Å². The van der Waals surface area contributed by atoms with E-state index in [1.54, 1.807) is 0 Å². The van der Waals surface area contributed by atoms with Gasteiger partial charge in [-0.1, -0.05) is 96.8 Å². The van der Waals surface area contributed by atoms with Crippen LogP contribution >= 0.6 is 0 Å². The van der Waals surface area contributed by atoms with Crippen molar-refractivity contribution in [2.75, 3.05) is 19.8 Å². The molecule has 2 unspecified atom stereocenters. The largest absolute Gasteiger partial charge is 0.463 e. The molecule has 0 N–H and O–H groups in total. The monoisotopic (exact) mass is 600 g/mol. The van der Waals surface area contributed by atoms with Crippen LogP contribution in [0.25, 0.3) is 0 Å². The lowest BCUT2D eigenvalue weighted by molar-refractivity contribution is -0.267. The molecular formula is C32H56O10. The maximum Gasteiger partial charge on any atom is 0.305 e. The Morgan fingerprint density at radius 1 is 0.643 bits per heavy atom. The fourth-order valence-corrected chi connectivity index (χ4v) is 5.05. The number of ether oxygens (including phenoxy) is 6. The van der Waals surface area contributed by atoms with Crippen molar-refractivity contribution in [2.24, 2.45) is 0 Å². The molecule has 1 aliphatic rings. The molecule has 0 amide bonds. The van der Waals surface area contributed by atoms with E-state index in [-0.39, 0.29) is 32.2 Å². The molecule has 10 nitrogen and oxygen atoms in total. The lowest BCUT2D eigenvalue weighted by Crippen LogP contribution is -2.54. The van der Waals surface area contributed by atoms with E-state index in [2.05, 4.69) is 6.92 Å². The second-order valence-electron chi connectivity index (χ2n) is 11.2. The summed E-state index contributed by atoms with van der Waals surface area (Å²) >= 11 is 0. The highest BCUT2D eigenvalue weighted by atomic mass is 16.7. The van der Waals surface area contributed by atoms with Crippen molar-refractivity contribution in [1.82, 2.24) is 0 Å². The minimum Gasteiger partial charge on any atom is -0.463 e. The number of unbranched alkanes of at least 4 members (excludes halogenated alkanes) is 14. The van der Waals surface area contributed by atoms with Crippen LogP contribution in [0.1, 0.15) is 137 Å². The van der Waals surface area contributed by atoms with Crippen LogP contribution in [0.2, 0.25) is 0 Å². The van der Waals surface area contributed by atoms with Gasteiger partial charge in [-0.15, -0.1) is 0 Å². The molecule has 0 aromatic rings. The van der Waals surface area contributed by atoms with E-state index in [9.17, 15) is 19.2 Å². The van der Waals surface area contributed by atoms with Crippen molar-refractivity contribution >= 4 is 23.9 Å². The quantitative estimate of drug-likeness (QED) is 0.0703. The molecule has 1 saturated heterocycles. The fraction of sp³-hybridized carbons (Fsp3) is 0.875. The number of esters is 4. The summed E-state index contributed by atoms with van der Waals surface area (Å²) in [7, 11) is 0. The van der Waals surface area contributed by atoms with Gasteiger partial charge in [-0.25, -0.2) is 0 Å². The van der Waals surface area contributed by atoms with Crippen molar-refractivity contribution in [3.05, 3.63) is 0 Å². The summed E-state index contributed by atoms with van der Waals surface area (Å²) < 4.78 is 32.5. The Hall–Kier alpha value is -2.20. The SMILES string of the molecule is CCCCCCCCCCCCCCCCCC(=O)OCCO[C@H]1CC(OC(C)=O)C(OC(C)=O)[C@@H](COC(C)=O)O1. The third-order valence-corrected chi connectivity index (χ3v) is 7.19. The van der Waals surface area contributed by atoms with Gasteiger partial charge in [-0.05, 0) is 6.42 Å². The first-order chi connectivity index (χ1) is 20.2. The first-order valence-electron chi connectivity index (χ1n) is 16.1. The van der Waals surface area contributed by atoms with Crippen LogP contribution in [0.3, 0.4) is 0 Å². The highest BCUT2D eigenvalue weighted by Crippen LogP contribution is 2.27. The topological polar surface area (TPSA) is 124 Å². The molecule has 0 bridgehead atoms. The molecule has 244 valence electrons. The van der Waals surface area contributed by atoms with E-state index in [4.69, 9.17) is 28.4 Å². The zero-order valence-corrected chi connectivity index (χ0v) is 26.5. The third kappa shape index (κ3) is 19.8. The van der Waals surface area contributed by atoms with E-state index < -0.39 is 42.5 Å².